The smallest absolute Gasteiger partial charge is 0.244 e. The molecule has 0 aliphatic heterocycles. The first-order valence-corrected chi connectivity index (χ1v) is 9.73. The van der Waals surface area contributed by atoms with Gasteiger partial charge in [0, 0.05) is 11.0 Å². The molecule has 0 saturated carbocycles. The van der Waals surface area contributed by atoms with Crippen LogP contribution in [0.15, 0.2) is 33.2 Å². The van der Waals surface area contributed by atoms with E-state index in [1.54, 1.807) is 12.1 Å². The van der Waals surface area contributed by atoms with Gasteiger partial charge < -0.3 is 4.74 Å². The second-order valence-electron chi connectivity index (χ2n) is 5.51. The minimum atomic E-state index is -3.58. The van der Waals surface area contributed by atoms with Gasteiger partial charge in [-0.15, -0.1) is 0 Å². The van der Waals surface area contributed by atoms with E-state index in [1.807, 2.05) is 6.92 Å². The summed E-state index contributed by atoms with van der Waals surface area (Å²) in [5.41, 5.74) is 2.29. The van der Waals surface area contributed by atoms with Crippen molar-refractivity contribution < 1.29 is 13.2 Å². The molecular weight excluding hydrogens is 366 g/mol. The standard InChI is InChI=1S/C16H22BrNO3S/c1-12-10-15(21-2)16(11-14(12)17)22(19,20)18-9-8-13-6-4-3-5-7-13/h6,10-11,18H,3-5,7-9H2,1-2H3. The van der Waals surface area contributed by atoms with Crippen molar-refractivity contribution in [2.75, 3.05) is 13.7 Å². The van der Waals surface area contributed by atoms with Gasteiger partial charge in [-0.2, -0.15) is 0 Å². The van der Waals surface area contributed by atoms with Crippen LogP contribution in [0.4, 0.5) is 0 Å². The molecule has 1 aromatic rings. The molecule has 0 bridgehead atoms. The lowest BCUT2D eigenvalue weighted by molar-refractivity contribution is 0.402. The Morgan fingerprint density at radius 1 is 1.32 bits per heavy atom. The number of nitrogens with one attached hydrogen (secondary N) is 1. The molecule has 0 fully saturated rings. The van der Waals surface area contributed by atoms with Crippen molar-refractivity contribution >= 4 is 26.0 Å². The zero-order chi connectivity index (χ0) is 16.2. The van der Waals surface area contributed by atoms with E-state index in [0.717, 1.165) is 29.3 Å². The largest absolute Gasteiger partial charge is 0.495 e. The highest BCUT2D eigenvalue weighted by atomic mass is 79.9. The first-order chi connectivity index (χ1) is 10.4. The third-order valence-electron chi connectivity index (χ3n) is 3.86. The van der Waals surface area contributed by atoms with Crippen LogP contribution in [0.25, 0.3) is 0 Å². The zero-order valence-corrected chi connectivity index (χ0v) is 15.4. The predicted molar refractivity (Wildman–Crippen MR) is 91.8 cm³/mol. The summed E-state index contributed by atoms with van der Waals surface area (Å²) >= 11 is 3.38. The fourth-order valence-corrected chi connectivity index (χ4v) is 4.26. The summed E-state index contributed by atoms with van der Waals surface area (Å²) in [6.45, 7) is 2.31. The molecule has 0 aromatic heterocycles. The Labute approximate surface area is 141 Å². The Bertz CT molecular complexity index is 668. The molecule has 4 nitrogen and oxygen atoms in total. The number of allylic oxidation sites excluding steroid dienone is 1. The molecule has 1 N–H and O–H groups in total. The molecule has 22 heavy (non-hydrogen) atoms. The molecule has 0 unspecified atom stereocenters. The summed E-state index contributed by atoms with van der Waals surface area (Å²) in [6.07, 6.45) is 7.65. The van der Waals surface area contributed by atoms with Crippen LogP contribution < -0.4 is 9.46 Å². The first-order valence-electron chi connectivity index (χ1n) is 7.46. The normalized spacial score (nSPS) is 15.5. The number of methoxy groups -OCH3 is 1. The van der Waals surface area contributed by atoms with Crippen molar-refractivity contribution in [3.8, 4) is 5.75 Å². The number of halogens is 1. The Balaban J connectivity index is 2.09. The molecule has 0 radical (unpaired) electrons. The van der Waals surface area contributed by atoms with E-state index in [9.17, 15) is 8.42 Å². The first kappa shape index (κ1) is 17.5. The van der Waals surface area contributed by atoms with E-state index in [1.165, 1.54) is 25.5 Å². The van der Waals surface area contributed by atoms with Crippen LogP contribution in [0, 0.1) is 6.92 Å². The Morgan fingerprint density at radius 2 is 2.09 bits per heavy atom. The molecule has 0 heterocycles. The number of benzene rings is 1. The van der Waals surface area contributed by atoms with Crippen molar-refractivity contribution in [2.45, 2.75) is 43.9 Å². The van der Waals surface area contributed by atoms with Gasteiger partial charge in [0.1, 0.15) is 10.6 Å². The molecule has 6 heteroatoms. The quantitative estimate of drug-likeness (QED) is 0.752. The maximum Gasteiger partial charge on any atom is 0.244 e. The van der Waals surface area contributed by atoms with Crippen LogP contribution in [0.3, 0.4) is 0 Å². The van der Waals surface area contributed by atoms with E-state index in [0.29, 0.717) is 12.3 Å². The number of hydrogen-bond donors (Lipinski definition) is 1. The number of hydrogen-bond acceptors (Lipinski definition) is 3. The highest BCUT2D eigenvalue weighted by Gasteiger charge is 2.20. The van der Waals surface area contributed by atoms with Gasteiger partial charge in [0.25, 0.3) is 0 Å². The van der Waals surface area contributed by atoms with Gasteiger partial charge in [-0.25, -0.2) is 13.1 Å². The van der Waals surface area contributed by atoms with Crippen LogP contribution in [0.1, 0.15) is 37.7 Å². The third-order valence-corrected chi connectivity index (χ3v) is 6.19. The lowest BCUT2D eigenvalue weighted by atomic mass is 9.97. The minimum Gasteiger partial charge on any atom is -0.495 e. The number of ether oxygens (including phenoxy) is 1. The lowest BCUT2D eigenvalue weighted by Crippen LogP contribution is -2.25. The topological polar surface area (TPSA) is 55.4 Å². The van der Waals surface area contributed by atoms with E-state index in [-0.39, 0.29) is 4.90 Å². The minimum absolute atomic E-state index is 0.171. The van der Waals surface area contributed by atoms with Crippen LogP contribution in [-0.2, 0) is 10.0 Å². The molecule has 0 saturated heterocycles. The van der Waals surface area contributed by atoms with Crippen molar-refractivity contribution in [1.29, 1.82) is 0 Å². The average molecular weight is 388 g/mol. The summed E-state index contributed by atoms with van der Waals surface area (Å²) in [4.78, 5) is 0.171. The van der Waals surface area contributed by atoms with E-state index in [2.05, 4.69) is 26.7 Å². The fourth-order valence-electron chi connectivity index (χ4n) is 2.56. The second kappa shape index (κ2) is 7.62. The SMILES string of the molecule is COc1cc(C)c(Br)cc1S(=O)(=O)NCCC1=CCCCC1. The highest BCUT2D eigenvalue weighted by molar-refractivity contribution is 9.10. The summed E-state index contributed by atoms with van der Waals surface area (Å²) < 4.78 is 33.6. The fraction of sp³-hybridized carbons (Fsp3) is 0.500. The van der Waals surface area contributed by atoms with Gasteiger partial charge in [-0.1, -0.05) is 27.6 Å². The molecular formula is C16H22BrNO3S. The van der Waals surface area contributed by atoms with Crippen LogP contribution in [-0.4, -0.2) is 22.1 Å². The van der Waals surface area contributed by atoms with Crippen LogP contribution >= 0.6 is 15.9 Å². The maximum atomic E-state index is 12.5. The Kier molecular flexibility index (Phi) is 6.06. The molecule has 1 aromatic carbocycles. The maximum absolute atomic E-state index is 12.5. The molecule has 0 amide bonds. The number of sulfonamides is 1. The van der Waals surface area contributed by atoms with Crippen LogP contribution in [0.2, 0.25) is 0 Å². The van der Waals surface area contributed by atoms with Crippen molar-refractivity contribution in [2.24, 2.45) is 0 Å². The van der Waals surface area contributed by atoms with Gasteiger partial charge >= 0.3 is 0 Å². The highest BCUT2D eigenvalue weighted by Crippen LogP contribution is 2.30. The Morgan fingerprint density at radius 3 is 2.73 bits per heavy atom. The predicted octanol–water partition coefficient (Wildman–Crippen LogP) is 3.93. The van der Waals surface area contributed by atoms with E-state index >= 15 is 0 Å². The molecule has 0 spiro atoms. The van der Waals surface area contributed by atoms with E-state index in [4.69, 9.17) is 4.74 Å². The molecule has 122 valence electrons. The molecule has 1 aliphatic rings. The lowest BCUT2D eigenvalue weighted by Gasteiger charge is -2.15. The number of aryl methyl sites for hydroxylation is 1. The second-order valence-corrected chi connectivity index (χ2v) is 8.10. The molecule has 0 atom stereocenters. The number of rotatable bonds is 6. The monoisotopic (exact) mass is 387 g/mol. The van der Waals surface area contributed by atoms with Gasteiger partial charge in [-0.3, -0.25) is 0 Å². The van der Waals surface area contributed by atoms with E-state index < -0.39 is 10.0 Å². The summed E-state index contributed by atoms with van der Waals surface area (Å²) in [7, 11) is -2.09. The van der Waals surface area contributed by atoms with Crippen molar-refractivity contribution in [1.82, 2.24) is 4.72 Å². The molecule has 1 aliphatic carbocycles. The van der Waals surface area contributed by atoms with Crippen molar-refractivity contribution in [3.63, 3.8) is 0 Å². The third kappa shape index (κ3) is 4.33. The summed E-state index contributed by atoms with van der Waals surface area (Å²) in [6, 6.07) is 3.32. The zero-order valence-electron chi connectivity index (χ0n) is 13.0. The van der Waals surface area contributed by atoms with Gasteiger partial charge in [0.15, 0.2) is 0 Å². The summed E-state index contributed by atoms with van der Waals surface area (Å²) in [5, 5.41) is 0. The Hall–Kier alpha value is -0.850. The van der Waals surface area contributed by atoms with Gasteiger partial charge in [0.05, 0.1) is 7.11 Å². The van der Waals surface area contributed by atoms with Gasteiger partial charge in [-0.05, 0) is 56.7 Å². The van der Waals surface area contributed by atoms with Gasteiger partial charge in [0.2, 0.25) is 10.0 Å². The van der Waals surface area contributed by atoms with Crippen molar-refractivity contribution in [3.05, 3.63) is 33.8 Å². The van der Waals surface area contributed by atoms with Crippen LogP contribution in [0.5, 0.6) is 5.75 Å². The summed E-state index contributed by atoms with van der Waals surface area (Å²) in [5.74, 6) is 0.366. The molecule has 2 rings (SSSR count). The average Bonchev–Trinajstić information content (AvgIpc) is 2.50.